The molecule has 7 nitrogen and oxygen atoms in total. The van der Waals surface area contributed by atoms with E-state index >= 15 is 0 Å². The number of sulfonamides is 1. The summed E-state index contributed by atoms with van der Waals surface area (Å²) in [5.41, 5.74) is 0.405. The van der Waals surface area contributed by atoms with Gasteiger partial charge in [0, 0.05) is 25.3 Å². The predicted molar refractivity (Wildman–Crippen MR) is 118 cm³/mol. The molecule has 30 heavy (non-hydrogen) atoms. The molecule has 1 aromatic carbocycles. The molecular weight excluding hydrogens is 422 g/mol. The van der Waals surface area contributed by atoms with Crippen LogP contribution in [0.3, 0.4) is 0 Å². The molecule has 1 aliphatic heterocycles. The van der Waals surface area contributed by atoms with E-state index in [-0.39, 0.29) is 16.7 Å². The Balaban J connectivity index is 1.79. The molecule has 1 atom stereocenters. The zero-order valence-corrected chi connectivity index (χ0v) is 18.8. The van der Waals surface area contributed by atoms with Crippen molar-refractivity contribution in [2.24, 2.45) is 0 Å². The topological polar surface area (TPSA) is 86.8 Å². The van der Waals surface area contributed by atoms with Gasteiger partial charge in [-0.25, -0.2) is 8.42 Å². The molecule has 1 aromatic heterocycles. The number of benzene rings is 1. The van der Waals surface area contributed by atoms with Gasteiger partial charge in [0.15, 0.2) is 0 Å². The maximum absolute atomic E-state index is 13.0. The molecule has 2 heterocycles. The Morgan fingerprint density at radius 1 is 1.17 bits per heavy atom. The van der Waals surface area contributed by atoms with Gasteiger partial charge < -0.3 is 10.2 Å². The van der Waals surface area contributed by atoms with Crippen LogP contribution in [-0.4, -0.2) is 55.1 Å². The minimum Gasteiger partial charge on any atom is -0.326 e. The number of amides is 2. The van der Waals surface area contributed by atoms with Crippen molar-refractivity contribution in [2.75, 3.05) is 25.0 Å². The second-order valence-electron chi connectivity index (χ2n) is 7.09. The van der Waals surface area contributed by atoms with Gasteiger partial charge >= 0.3 is 0 Å². The molecule has 162 valence electrons. The highest BCUT2D eigenvalue weighted by Gasteiger charge is 2.33. The van der Waals surface area contributed by atoms with Crippen LogP contribution in [0.25, 0.3) is 0 Å². The summed E-state index contributed by atoms with van der Waals surface area (Å²) >= 11 is 1.36. The zero-order chi connectivity index (χ0) is 21.7. The van der Waals surface area contributed by atoms with Crippen LogP contribution in [0.15, 0.2) is 46.7 Å². The summed E-state index contributed by atoms with van der Waals surface area (Å²) in [6.45, 7) is 4.85. The molecule has 0 bridgehead atoms. The molecule has 0 radical (unpaired) electrons. The molecule has 0 saturated carbocycles. The predicted octanol–water partition coefficient (Wildman–Crippen LogP) is 3.41. The third kappa shape index (κ3) is 4.74. The summed E-state index contributed by atoms with van der Waals surface area (Å²) in [5, 5.41) is 4.66. The second kappa shape index (κ2) is 9.72. The van der Waals surface area contributed by atoms with E-state index in [2.05, 4.69) is 5.32 Å². The molecule has 9 heteroatoms. The lowest BCUT2D eigenvalue weighted by Crippen LogP contribution is -2.49. The summed E-state index contributed by atoms with van der Waals surface area (Å²) in [7, 11) is -3.62. The Bertz CT molecular complexity index is 985. The fourth-order valence-electron chi connectivity index (χ4n) is 3.66. The highest BCUT2D eigenvalue weighted by atomic mass is 32.2. The van der Waals surface area contributed by atoms with E-state index < -0.39 is 16.1 Å². The number of nitrogens with one attached hydrogen (secondary N) is 1. The number of carbonyl (C=O) groups excluding carboxylic acids is 2. The van der Waals surface area contributed by atoms with E-state index in [1.54, 1.807) is 36.9 Å². The van der Waals surface area contributed by atoms with Crippen LogP contribution in [-0.2, 0) is 14.8 Å². The Kier molecular flexibility index (Phi) is 7.27. The second-order valence-corrected chi connectivity index (χ2v) is 9.98. The number of carbonyl (C=O) groups is 2. The molecule has 0 spiro atoms. The molecular formula is C21H27N3O4S2. The molecule has 3 rings (SSSR count). The number of piperidine rings is 1. The van der Waals surface area contributed by atoms with Crippen molar-refractivity contribution in [1.29, 1.82) is 0 Å². The van der Waals surface area contributed by atoms with E-state index in [4.69, 9.17) is 0 Å². The quantitative estimate of drug-likeness (QED) is 0.702. The van der Waals surface area contributed by atoms with Crippen LogP contribution in [0, 0.1) is 0 Å². The molecule has 1 aliphatic rings. The van der Waals surface area contributed by atoms with Gasteiger partial charge in [0.2, 0.25) is 15.9 Å². The Morgan fingerprint density at radius 2 is 1.93 bits per heavy atom. The number of hydrogen-bond acceptors (Lipinski definition) is 5. The molecule has 0 unspecified atom stereocenters. The molecule has 2 aromatic rings. The molecule has 1 fully saturated rings. The van der Waals surface area contributed by atoms with Crippen LogP contribution < -0.4 is 5.32 Å². The van der Waals surface area contributed by atoms with Crippen LogP contribution in [0.1, 0.15) is 42.8 Å². The van der Waals surface area contributed by atoms with Crippen molar-refractivity contribution in [2.45, 2.75) is 44.0 Å². The average molecular weight is 450 g/mol. The van der Waals surface area contributed by atoms with Crippen molar-refractivity contribution >= 4 is 38.9 Å². The van der Waals surface area contributed by atoms with E-state index in [0.29, 0.717) is 36.6 Å². The summed E-state index contributed by atoms with van der Waals surface area (Å²) in [6.07, 6.45) is 2.31. The number of nitrogens with zero attached hydrogens (tertiary/aromatic N) is 2. The number of likely N-dealkylation sites (tertiary alicyclic amines) is 1. The minimum absolute atomic E-state index is 0.136. The average Bonchev–Trinajstić information content (AvgIpc) is 3.29. The molecule has 2 amide bonds. The van der Waals surface area contributed by atoms with Crippen molar-refractivity contribution < 1.29 is 18.0 Å². The zero-order valence-electron chi connectivity index (χ0n) is 17.2. The smallest absolute Gasteiger partial charge is 0.264 e. The summed E-state index contributed by atoms with van der Waals surface area (Å²) in [4.78, 5) is 28.2. The number of rotatable bonds is 7. The highest BCUT2D eigenvalue weighted by Crippen LogP contribution is 2.24. The van der Waals surface area contributed by atoms with Crippen LogP contribution in [0.4, 0.5) is 5.69 Å². The summed E-state index contributed by atoms with van der Waals surface area (Å²) in [5.74, 6) is -0.431. The fraction of sp³-hybridized carbons (Fsp3) is 0.429. The van der Waals surface area contributed by atoms with Gasteiger partial charge in [0.25, 0.3) is 5.91 Å². The number of thiophene rings is 1. The molecule has 1 saturated heterocycles. The number of anilines is 1. The lowest BCUT2D eigenvalue weighted by Gasteiger charge is -2.34. The van der Waals surface area contributed by atoms with Gasteiger partial charge in [-0.1, -0.05) is 26.0 Å². The lowest BCUT2D eigenvalue weighted by molar-refractivity contribution is -0.121. The van der Waals surface area contributed by atoms with E-state index in [1.807, 2.05) is 11.4 Å². The fourth-order valence-corrected chi connectivity index (χ4v) is 5.84. The van der Waals surface area contributed by atoms with Crippen molar-refractivity contribution in [1.82, 2.24) is 9.21 Å². The standard InChI is InChI=1S/C21H27N3O4S2/c1-3-23(4-2)30(27,28)17-10-7-9-16(15-17)22-20(25)18-11-5-6-13-24(18)21(26)19-12-8-14-29-19/h7-10,12,14-15,18H,3-6,11,13H2,1-2H3,(H,22,25)/t18-/m1/s1. The Morgan fingerprint density at radius 3 is 2.60 bits per heavy atom. The normalized spacial score (nSPS) is 17.2. The van der Waals surface area contributed by atoms with Gasteiger partial charge in [0.1, 0.15) is 6.04 Å². The van der Waals surface area contributed by atoms with E-state index in [0.717, 1.165) is 12.8 Å². The maximum Gasteiger partial charge on any atom is 0.264 e. The highest BCUT2D eigenvalue weighted by molar-refractivity contribution is 7.89. The molecule has 0 aliphatic carbocycles. The first-order valence-electron chi connectivity index (χ1n) is 10.1. The van der Waals surface area contributed by atoms with Crippen molar-refractivity contribution in [3.63, 3.8) is 0 Å². The minimum atomic E-state index is -3.62. The Labute approximate surface area is 181 Å². The van der Waals surface area contributed by atoms with Gasteiger partial charge in [-0.3, -0.25) is 9.59 Å². The van der Waals surface area contributed by atoms with Gasteiger partial charge in [-0.15, -0.1) is 11.3 Å². The third-order valence-corrected chi connectivity index (χ3v) is 8.15. The van der Waals surface area contributed by atoms with Gasteiger partial charge in [-0.05, 0) is 48.9 Å². The lowest BCUT2D eigenvalue weighted by atomic mass is 10.0. The monoisotopic (exact) mass is 449 g/mol. The van der Waals surface area contributed by atoms with Crippen LogP contribution >= 0.6 is 11.3 Å². The van der Waals surface area contributed by atoms with E-state index in [9.17, 15) is 18.0 Å². The van der Waals surface area contributed by atoms with Crippen LogP contribution in [0.2, 0.25) is 0 Å². The van der Waals surface area contributed by atoms with E-state index in [1.165, 1.54) is 27.8 Å². The van der Waals surface area contributed by atoms with Crippen molar-refractivity contribution in [3.8, 4) is 0 Å². The first-order valence-corrected chi connectivity index (χ1v) is 12.5. The van der Waals surface area contributed by atoms with Gasteiger partial charge in [-0.2, -0.15) is 4.31 Å². The van der Waals surface area contributed by atoms with Gasteiger partial charge in [0.05, 0.1) is 9.77 Å². The largest absolute Gasteiger partial charge is 0.326 e. The van der Waals surface area contributed by atoms with Crippen LogP contribution in [0.5, 0.6) is 0 Å². The first-order chi connectivity index (χ1) is 14.4. The Hall–Kier alpha value is -2.23. The summed E-state index contributed by atoms with van der Waals surface area (Å²) in [6, 6.07) is 9.28. The SMILES string of the molecule is CCN(CC)S(=O)(=O)c1cccc(NC(=O)[C@H]2CCCCN2C(=O)c2cccs2)c1. The first kappa shape index (κ1) is 22.5. The number of hydrogen-bond donors (Lipinski definition) is 1. The third-order valence-electron chi connectivity index (χ3n) is 5.24. The maximum atomic E-state index is 13.0. The summed E-state index contributed by atoms with van der Waals surface area (Å²) < 4.78 is 26.9. The van der Waals surface area contributed by atoms with Crippen molar-refractivity contribution in [3.05, 3.63) is 46.7 Å². The molecule has 1 N–H and O–H groups in total.